The largest absolute Gasteiger partial charge is 0.480 e. The molecule has 0 aliphatic carbocycles. The third-order valence-electron chi connectivity index (χ3n) is 2.29. The molecule has 1 rings (SSSR count). The molecule has 1 heterocycles. The van der Waals surface area contributed by atoms with Crippen molar-refractivity contribution in [2.75, 3.05) is 25.0 Å². The quantitative estimate of drug-likeness (QED) is 0.675. The molecule has 0 aliphatic heterocycles. The van der Waals surface area contributed by atoms with Crippen LogP contribution in [0.2, 0.25) is 0 Å². The fourth-order valence-corrected chi connectivity index (χ4v) is 1.44. The highest BCUT2D eigenvalue weighted by molar-refractivity contribution is 5.90. The van der Waals surface area contributed by atoms with Crippen molar-refractivity contribution in [1.82, 2.24) is 15.1 Å². The van der Waals surface area contributed by atoms with Gasteiger partial charge in [-0.3, -0.25) is 19.8 Å². The molecule has 8 nitrogen and oxygen atoms in total. The van der Waals surface area contributed by atoms with Crippen LogP contribution in [0.5, 0.6) is 0 Å². The SMILES string of the molecule is C=CCN(CC(=O)O)CC(=O)Nc1nnc(C(C)C)o1. The van der Waals surface area contributed by atoms with E-state index in [-0.39, 0.29) is 25.0 Å². The molecule has 0 radical (unpaired) electrons. The zero-order valence-electron chi connectivity index (χ0n) is 11.5. The van der Waals surface area contributed by atoms with Crippen LogP contribution in [-0.2, 0) is 9.59 Å². The standard InChI is InChI=1S/C12H18N4O4/c1-4-5-16(7-10(18)19)6-9(17)13-12-15-14-11(20-12)8(2)3/h4,8H,1,5-7H2,2-3H3,(H,18,19)(H,13,15,17). The minimum Gasteiger partial charge on any atom is -0.480 e. The van der Waals surface area contributed by atoms with Crippen LogP contribution in [0.3, 0.4) is 0 Å². The van der Waals surface area contributed by atoms with Crippen LogP contribution in [0, 0.1) is 0 Å². The Morgan fingerprint density at radius 2 is 2.15 bits per heavy atom. The van der Waals surface area contributed by atoms with Gasteiger partial charge in [0.1, 0.15) is 0 Å². The summed E-state index contributed by atoms with van der Waals surface area (Å²) in [6, 6.07) is 0.00702. The van der Waals surface area contributed by atoms with E-state index in [0.717, 1.165) is 0 Å². The van der Waals surface area contributed by atoms with E-state index in [0.29, 0.717) is 12.4 Å². The molecule has 0 unspecified atom stereocenters. The average Bonchev–Trinajstić information content (AvgIpc) is 2.76. The summed E-state index contributed by atoms with van der Waals surface area (Å²) in [7, 11) is 0. The second kappa shape index (κ2) is 7.39. The van der Waals surface area contributed by atoms with Crippen LogP contribution < -0.4 is 5.32 Å². The van der Waals surface area contributed by atoms with Crippen LogP contribution in [0.4, 0.5) is 6.01 Å². The maximum atomic E-state index is 11.8. The first-order valence-electron chi connectivity index (χ1n) is 6.10. The Balaban J connectivity index is 2.55. The fraction of sp³-hybridized carbons (Fsp3) is 0.500. The molecule has 8 heteroatoms. The predicted molar refractivity (Wildman–Crippen MR) is 71.3 cm³/mol. The van der Waals surface area contributed by atoms with E-state index >= 15 is 0 Å². The second-order valence-electron chi connectivity index (χ2n) is 4.50. The number of carbonyl (C=O) groups excluding carboxylic acids is 1. The summed E-state index contributed by atoms with van der Waals surface area (Å²) in [5, 5.41) is 18.6. The number of nitrogens with one attached hydrogen (secondary N) is 1. The monoisotopic (exact) mass is 282 g/mol. The first-order chi connectivity index (χ1) is 9.42. The third kappa shape index (κ3) is 5.19. The van der Waals surface area contributed by atoms with Crippen LogP contribution in [0.15, 0.2) is 17.1 Å². The summed E-state index contributed by atoms with van der Waals surface area (Å²) < 4.78 is 5.23. The minimum absolute atomic E-state index is 0.00702. The molecule has 1 amide bonds. The highest BCUT2D eigenvalue weighted by atomic mass is 16.4. The van der Waals surface area contributed by atoms with Gasteiger partial charge in [0.05, 0.1) is 13.1 Å². The molecule has 0 saturated carbocycles. The van der Waals surface area contributed by atoms with Gasteiger partial charge in [-0.25, -0.2) is 0 Å². The van der Waals surface area contributed by atoms with Crippen molar-refractivity contribution in [1.29, 1.82) is 0 Å². The van der Waals surface area contributed by atoms with Gasteiger partial charge in [-0.1, -0.05) is 25.0 Å². The van der Waals surface area contributed by atoms with Gasteiger partial charge in [0.25, 0.3) is 0 Å². The predicted octanol–water partition coefficient (Wildman–Crippen LogP) is 0.704. The lowest BCUT2D eigenvalue weighted by atomic mass is 10.2. The molecule has 1 aromatic rings. The Labute approximate surface area is 116 Å². The maximum Gasteiger partial charge on any atom is 0.322 e. The third-order valence-corrected chi connectivity index (χ3v) is 2.29. The summed E-state index contributed by atoms with van der Waals surface area (Å²) in [6.07, 6.45) is 1.53. The van der Waals surface area contributed by atoms with Crippen molar-refractivity contribution in [2.24, 2.45) is 0 Å². The molecule has 2 N–H and O–H groups in total. The van der Waals surface area contributed by atoms with E-state index in [1.165, 1.54) is 11.0 Å². The van der Waals surface area contributed by atoms with Gasteiger partial charge in [0, 0.05) is 12.5 Å². The number of amides is 1. The van der Waals surface area contributed by atoms with E-state index in [9.17, 15) is 9.59 Å². The molecule has 0 bridgehead atoms. The number of hydrogen-bond acceptors (Lipinski definition) is 6. The van der Waals surface area contributed by atoms with Crippen molar-refractivity contribution < 1.29 is 19.1 Å². The zero-order chi connectivity index (χ0) is 15.1. The second-order valence-corrected chi connectivity index (χ2v) is 4.50. The summed E-state index contributed by atoms with van der Waals surface area (Å²) >= 11 is 0. The normalized spacial score (nSPS) is 10.8. The molecule has 0 atom stereocenters. The van der Waals surface area contributed by atoms with Crippen LogP contribution in [0.25, 0.3) is 0 Å². The van der Waals surface area contributed by atoms with Gasteiger partial charge < -0.3 is 9.52 Å². The molecular weight excluding hydrogens is 264 g/mol. The molecule has 20 heavy (non-hydrogen) atoms. The van der Waals surface area contributed by atoms with Gasteiger partial charge in [-0.05, 0) is 0 Å². The topological polar surface area (TPSA) is 109 Å². The molecule has 0 aromatic carbocycles. The van der Waals surface area contributed by atoms with Gasteiger partial charge in [-0.15, -0.1) is 11.7 Å². The molecule has 0 fully saturated rings. The van der Waals surface area contributed by atoms with E-state index < -0.39 is 11.9 Å². The average molecular weight is 282 g/mol. The molecule has 0 spiro atoms. The number of carboxylic acid groups (broad SMARTS) is 1. The van der Waals surface area contributed by atoms with Gasteiger partial charge in [0.15, 0.2) is 0 Å². The lowest BCUT2D eigenvalue weighted by Gasteiger charge is -2.16. The first kappa shape index (κ1) is 15.8. The van der Waals surface area contributed by atoms with E-state index in [2.05, 4.69) is 22.1 Å². The Hall–Kier alpha value is -2.22. The van der Waals surface area contributed by atoms with Crippen LogP contribution in [0.1, 0.15) is 25.7 Å². The summed E-state index contributed by atoms with van der Waals surface area (Å²) in [4.78, 5) is 23.8. The van der Waals surface area contributed by atoms with Gasteiger partial charge in [0.2, 0.25) is 11.8 Å². The van der Waals surface area contributed by atoms with Crippen molar-refractivity contribution in [3.8, 4) is 0 Å². The van der Waals surface area contributed by atoms with E-state index in [1.807, 2.05) is 13.8 Å². The smallest absolute Gasteiger partial charge is 0.322 e. The number of nitrogens with zero attached hydrogens (tertiary/aromatic N) is 3. The summed E-state index contributed by atoms with van der Waals surface area (Å²) in [5.41, 5.74) is 0. The van der Waals surface area contributed by atoms with Crippen LogP contribution in [-0.4, -0.2) is 51.7 Å². The van der Waals surface area contributed by atoms with Crippen LogP contribution >= 0.6 is 0 Å². The molecule has 0 aliphatic rings. The summed E-state index contributed by atoms with van der Waals surface area (Å²) in [5.74, 6) is -0.946. The highest BCUT2D eigenvalue weighted by Gasteiger charge is 2.16. The zero-order valence-corrected chi connectivity index (χ0v) is 11.5. The number of carboxylic acids is 1. The molecule has 110 valence electrons. The number of anilines is 1. The van der Waals surface area contributed by atoms with Gasteiger partial charge in [-0.2, -0.15) is 0 Å². The lowest BCUT2D eigenvalue weighted by Crippen LogP contribution is -2.37. The minimum atomic E-state index is -1.01. The highest BCUT2D eigenvalue weighted by Crippen LogP contribution is 2.14. The van der Waals surface area contributed by atoms with Crippen molar-refractivity contribution in [3.05, 3.63) is 18.5 Å². The number of rotatable bonds is 8. The molecule has 1 aromatic heterocycles. The van der Waals surface area contributed by atoms with Gasteiger partial charge >= 0.3 is 12.0 Å². The van der Waals surface area contributed by atoms with E-state index in [4.69, 9.17) is 9.52 Å². The first-order valence-corrected chi connectivity index (χ1v) is 6.10. The van der Waals surface area contributed by atoms with Crippen molar-refractivity contribution in [2.45, 2.75) is 19.8 Å². The number of hydrogen-bond donors (Lipinski definition) is 2. The fourth-order valence-electron chi connectivity index (χ4n) is 1.44. The maximum absolute atomic E-state index is 11.8. The lowest BCUT2D eigenvalue weighted by molar-refractivity contribution is -0.138. The Bertz CT molecular complexity index is 484. The Kier molecular flexibility index (Phi) is 5.85. The summed E-state index contributed by atoms with van der Waals surface area (Å²) in [6.45, 7) is 7.23. The molecule has 0 saturated heterocycles. The van der Waals surface area contributed by atoms with Crippen molar-refractivity contribution in [3.63, 3.8) is 0 Å². The van der Waals surface area contributed by atoms with Crippen molar-refractivity contribution >= 4 is 17.9 Å². The number of aliphatic carboxylic acids is 1. The molecular formula is C12H18N4O4. The number of aromatic nitrogens is 2. The Morgan fingerprint density at radius 3 is 2.65 bits per heavy atom. The number of carbonyl (C=O) groups is 2. The van der Waals surface area contributed by atoms with E-state index in [1.54, 1.807) is 0 Å². The Morgan fingerprint density at radius 1 is 1.45 bits per heavy atom.